The molecule has 0 N–H and O–H groups in total. The molecule has 2 heterocycles. The first-order chi connectivity index (χ1) is 13.2. The molecule has 0 saturated heterocycles. The van der Waals surface area contributed by atoms with Gasteiger partial charge in [0.15, 0.2) is 0 Å². The molecule has 1 atom stereocenters. The average molecular weight is 421 g/mol. The van der Waals surface area contributed by atoms with E-state index in [1.54, 1.807) is 0 Å². The third-order valence-corrected chi connectivity index (χ3v) is 5.06. The summed E-state index contributed by atoms with van der Waals surface area (Å²) in [6.45, 7) is 0. The predicted molar refractivity (Wildman–Crippen MR) is 109 cm³/mol. The van der Waals surface area contributed by atoms with E-state index in [1.165, 1.54) is 7.11 Å². The molecule has 0 aliphatic heterocycles. The van der Waals surface area contributed by atoms with E-state index >= 15 is 0 Å². The molecule has 5 heteroatoms. The molecule has 134 valence electrons. The number of ether oxygens (including phenoxy) is 1. The van der Waals surface area contributed by atoms with Gasteiger partial charge in [0.25, 0.3) is 0 Å². The SMILES string of the molecule is COC(=O)C(c1ccccc1)c1c(-c2ccc(Br)cc2)nc2ccccn12. The molecule has 0 aliphatic carbocycles. The van der Waals surface area contributed by atoms with Gasteiger partial charge in [-0.25, -0.2) is 4.98 Å². The summed E-state index contributed by atoms with van der Waals surface area (Å²) in [5, 5.41) is 0. The standard InChI is InChI=1S/C22H17BrN2O2/c1-27-22(26)19(15-7-3-2-4-8-15)21-20(16-10-12-17(23)13-11-16)24-18-9-5-6-14-25(18)21/h2-14,19H,1H3. The van der Waals surface area contributed by atoms with E-state index in [9.17, 15) is 4.79 Å². The second-order valence-electron chi connectivity index (χ2n) is 6.15. The van der Waals surface area contributed by atoms with Crippen molar-refractivity contribution in [3.05, 3.63) is 94.7 Å². The maximum atomic E-state index is 12.8. The predicted octanol–water partition coefficient (Wildman–Crippen LogP) is 5.07. The van der Waals surface area contributed by atoms with Crippen molar-refractivity contribution < 1.29 is 9.53 Å². The van der Waals surface area contributed by atoms with E-state index in [-0.39, 0.29) is 5.97 Å². The topological polar surface area (TPSA) is 43.6 Å². The van der Waals surface area contributed by atoms with Gasteiger partial charge in [-0.1, -0.05) is 64.5 Å². The number of methoxy groups -OCH3 is 1. The van der Waals surface area contributed by atoms with Gasteiger partial charge >= 0.3 is 5.97 Å². The van der Waals surface area contributed by atoms with E-state index in [2.05, 4.69) is 15.9 Å². The van der Waals surface area contributed by atoms with Crippen LogP contribution in [-0.2, 0) is 9.53 Å². The number of imidazole rings is 1. The number of carbonyl (C=O) groups is 1. The minimum Gasteiger partial charge on any atom is -0.468 e. The molecule has 0 saturated carbocycles. The number of aromatic nitrogens is 2. The average Bonchev–Trinajstić information content (AvgIpc) is 3.09. The first-order valence-electron chi connectivity index (χ1n) is 8.54. The molecule has 1 unspecified atom stereocenters. The Kier molecular flexibility index (Phi) is 4.77. The van der Waals surface area contributed by atoms with E-state index in [1.807, 2.05) is 83.4 Å². The fourth-order valence-electron chi connectivity index (χ4n) is 3.28. The summed E-state index contributed by atoms with van der Waals surface area (Å²) in [5.74, 6) is -0.891. The number of pyridine rings is 1. The maximum absolute atomic E-state index is 12.8. The number of hydrogen-bond acceptors (Lipinski definition) is 3. The van der Waals surface area contributed by atoms with Crippen LogP contribution in [0.4, 0.5) is 0 Å². The number of halogens is 1. The molecular weight excluding hydrogens is 404 g/mol. The molecule has 4 aromatic rings. The number of rotatable bonds is 4. The first-order valence-corrected chi connectivity index (χ1v) is 9.34. The third kappa shape index (κ3) is 3.26. The van der Waals surface area contributed by atoms with Gasteiger partial charge in [0.1, 0.15) is 11.6 Å². The summed E-state index contributed by atoms with van der Waals surface area (Å²) in [5.41, 5.74) is 4.17. The highest BCUT2D eigenvalue weighted by Gasteiger charge is 2.30. The molecule has 4 nitrogen and oxygen atoms in total. The highest BCUT2D eigenvalue weighted by molar-refractivity contribution is 9.10. The number of hydrogen-bond donors (Lipinski definition) is 0. The van der Waals surface area contributed by atoms with Gasteiger partial charge in [-0.15, -0.1) is 0 Å². The van der Waals surface area contributed by atoms with Crippen LogP contribution in [0, 0.1) is 0 Å². The molecule has 4 rings (SSSR count). The van der Waals surface area contributed by atoms with Gasteiger partial charge < -0.3 is 9.14 Å². The molecule has 0 spiro atoms. The second kappa shape index (κ2) is 7.37. The van der Waals surface area contributed by atoms with Crippen LogP contribution < -0.4 is 0 Å². The highest BCUT2D eigenvalue weighted by atomic mass is 79.9. The quantitative estimate of drug-likeness (QED) is 0.433. The van der Waals surface area contributed by atoms with Crippen molar-refractivity contribution in [2.45, 2.75) is 5.92 Å². The van der Waals surface area contributed by atoms with E-state index in [0.717, 1.165) is 32.6 Å². The lowest BCUT2D eigenvalue weighted by Gasteiger charge is -2.17. The van der Waals surface area contributed by atoms with Crippen molar-refractivity contribution in [2.24, 2.45) is 0 Å². The van der Waals surface area contributed by atoms with Crippen LogP contribution in [0.15, 0.2) is 83.5 Å². The lowest BCUT2D eigenvalue weighted by atomic mass is 9.92. The first kappa shape index (κ1) is 17.5. The Morgan fingerprint density at radius 3 is 2.41 bits per heavy atom. The monoisotopic (exact) mass is 420 g/mol. The summed E-state index contributed by atoms with van der Waals surface area (Å²) in [7, 11) is 1.42. The Balaban J connectivity index is 2.02. The van der Waals surface area contributed by atoms with Crippen molar-refractivity contribution in [1.82, 2.24) is 9.38 Å². The molecule has 0 amide bonds. The lowest BCUT2D eigenvalue weighted by molar-refractivity contribution is -0.141. The number of fused-ring (bicyclic) bond motifs is 1. The smallest absolute Gasteiger partial charge is 0.319 e. The van der Waals surface area contributed by atoms with Crippen molar-refractivity contribution in [2.75, 3.05) is 7.11 Å². The molecule has 2 aromatic heterocycles. The third-order valence-electron chi connectivity index (χ3n) is 4.53. The zero-order valence-electron chi connectivity index (χ0n) is 14.7. The van der Waals surface area contributed by atoms with Gasteiger partial charge in [-0.2, -0.15) is 0 Å². The van der Waals surface area contributed by atoms with Gasteiger partial charge in [-0.3, -0.25) is 4.79 Å². The largest absolute Gasteiger partial charge is 0.468 e. The van der Waals surface area contributed by atoms with Crippen LogP contribution in [0.1, 0.15) is 17.2 Å². The van der Waals surface area contributed by atoms with Crippen LogP contribution >= 0.6 is 15.9 Å². The summed E-state index contributed by atoms with van der Waals surface area (Å²) in [4.78, 5) is 17.6. The molecule has 0 bridgehead atoms. The number of benzene rings is 2. The van der Waals surface area contributed by atoms with Gasteiger partial charge in [0.2, 0.25) is 0 Å². The second-order valence-corrected chi connectivity index (χ2v) is 7.06. The highest BCUT2D eigenvalue weighted by Crippen LogP contribution is 2.35. The summed E-state index contributed by atoms with van der Waals surface area (Å²) < 4.78 is 8.12. The molecule has 0 fully saturated rings. The fraction of sp³-hybridized carbons (Fsp3) is 0.0909. The fourth-order valence-corrected chi connectivity index (χ4v) is 3.54. The number of esters is 1. The van der Waals surface area contributed by atoms with Crippen molar-refractivity contribution >= 4 is 27.5 Å². The van der Waals surface area contributed by atoms with Gasteiger partial charge in [-0.05, 0) is 29.8 Å². The van der Waals surface area contributed by atoms with Crippen molar-refractivity contribution in [3.63, 3.8) is 0 Å². The summed E-state index contributed by atoms with van der Waals surface area (Å²) in [6.07, 6.45) is 1.93. The van der Waals surface area contributed by atoms with Gasteiger partial charge in [0.05, 0.1) is 18.5 Å². The number of carbonyl (C=O) groups excluding carboxylic acids is 1. The van der Waals surface area contributed by atoms with Crippen molar-refractivity contribution in [3.8, 4) is 11.3 Å². The molecule has 0 radical (unpaired) electrons. The Morgan fingerprint density at radius 1 is 1.00 bits per heavy atom. The molecule has 2 aromatic carbocycles. The Hall–Kier alpha value is -2.92. The van der Waals surface area contributed by atoms with Crippen LogP contribution in [-0.4, -0.2) is 22.5 Å². The molecular formula is C22H17BrN2O2. The Labute approximate surface area is 165 Å². The zero-order chi connectivity index (χ0) is 18.8. The Bertz CT molecular complexity index is 1090. The van der Waals surface area contributed by atoms with Gasteiger partial charge in [0, 0.05) is 16.2 Å². The lowest BCUT2D eigenvalue weighted by Crippen LogP contribution is -2.18. The minimum atomic E-state index is -0.577. The normalized spacial score (nSPS) is 12.1. The van der Waals surface area contributed by atoms with Crippen LogP contribution in [0.5, 0.6) is 0 Å². The minimum absolute atomic E-state index is 0.315. The van der Waals surface area contributed by atoms with Crippen LogP contribution in [0.2, 0.25) is 0 Å². The number of nitrogens with zero attached hydrogens (tertiary/aromatic N) is 2. The van der Waals surface area contributed by atoms with Crippen molar-refractivity contribution in [1.29, 1.82) is 0 Å². The maximum Gasteiger partial charge on any atom is 0.319 e. The Morgan fingerprint density at radius 2 is 1.70 bits per heavy atom. The zero-order valence-corrected chi connectivity index (χ0v) is 16.3. The summed E-state index contributed by atoms with van der Waals surface area (Å²) >= 11 is 3.47. The van der Waals surface area contributed by atoms with Crippen LogP contribution in [0.3, 0.4) is 0 Å². The molecule has 27 heavy (non-hydrogen) atoms. The van der Waals surface area contributed by atoms with E-state index < -0.39 is 5.92 Å². The summed E-state index contributed by atoms with van der Waals surface area (Å²) in [6, 6.07) is 23.4. The van der Waals surface area contributed by atoms with E-state index in [0.29, 0.717) is 0 Å². The molecule has 0 aliphatic rings. The van der Waals surface area contributed by atoms with Crippen LogP contribution in [0.25, 0.3) is 16.9 Å². The van der Waals surface area contributed by atoms with E-state index in [4.69, 9.17) is 9.72 Å².